The molecule has 0 saturated heterocycles. The van der Waals surface area contributed by atoms with Gasteiger partial charge in [0.25, 0.3) is 0 Å². The Morgan fingerprint density at radius 1 is 1.17 bits per heavy atom. The molecule has 0 radical (unpaired) electrons. The van der Waals surface area contributed by atoms with E-state index in [2.05, 4.69) is 46.0 Å². The molecule has 2 atom stereocenters. The molecule has 0 aromatic heterocycles. The number of aromatic hydroxyl groups is 1. The summed E-state index contributed by atoms with van der Waals surface area (Å²) in [7, 11) is 0. The third-order valence-corrected chi connectivity index (χ3v) is 3.92. The van der Waals surface area contributed by atoms with Gasteiger partial charge >= 0.3 is 0 Å². The van der Waals surface area contributed by atoms with Crippen molar-refractivity contribution in [3.05, 3.63) is 29.3 Å². The van der Waals surface area contributed by atoms with E-state index in [9.17, 15) is 5.11 Å². The van der Waals surface area contributed by atoms with E-state index in [1.54, 1.807) is 6.07 Å². The summed E-state index contributed by atoms with van der Waals surface area (Å²) >= 11 is 0. The molecule has 2 heteroatoms. The van der Waals surface area contributed by atoms with Crippen LogP contribution in [0.1, 0.15) is 57.7 Å². The Bertz CT molecular complexity index is 371. The normalized spacial score (nSPS) is 14.8. The maximum atomic E-state index is 9.93. The van der Waals surface area contributed by atoms with Gasteiger partial charge in [0.15, 0.2) is 0 Å². The lowest BCUT2D eigenvalue weighted by Gasteiger charge is -2.27. The molecule has 1 aromatic rings. The van der Waals surface area contributed by atoms with Crippen LogP contribution in [0.4, 0.5) is 0 Å². The molecule has 0 saturated carbocycles. The van der Waals surface area contributed by atoms with Gasteiger partial charge < -0.3 is 10.4 Å². The zero-order valence-electron chi connectivity index (χ0n) is 12.3. The predicted octanol–water partition coefficient (Wildman–Crippen LogP) is 4.18. The molecule has 0 heterocycles. The summed E-state index contributed by atoms with van der Waals surface area (Å²) in [6, 6.07) is 6.43. The van der Waals surface area contributed by atoms with Crippen LogP contribution >= 0.6 is 0 Å². The van der Waals surface area contributed by atoms with Crippen molar-refractivity contribution in [2.45, 2.75) is 59.5 Å². The van der Waals surface area contributed by atoms with E-state index in [1.165, 1.54) is 18.4 Å². The molecule has 18 heavy (non-hydrogen) atoms. The standard InChI is InChI=1S/C16H27NO/c1-6-14(7-2)12(4)17-13(5)15-10-11(3)8-9-16(15)18/h8-10,12-14,17-18H,6-7H2,1-5H3. The van der Waals surface area contributed by atoms with Gasteiger partial charge in [-0.25, -0.2) is 0 Å². The average molecular weight is 249 g/mol. The molecular weight excluding hydrogens is 222 g/mol. The van der Waals surface area contributed by atoms with Crippen LogP contribution in [0.5, 0.6) is 5.75 Å². The third-order valence-electron chi connectivity index (χ3n) is 3.92. The smallest absolute Gasteiger partial charge is 0.120 e. The third kappa shape index (κ3) is 3.74. The quantitative estimate of drug-likeness (QED) is 0.793. The second-order valence-corrected chi connectivity index (χ2v) is 5.32. The Balaban J connectivity index is 2.75. The van der Waals surface area contributed by atoms with Crippen LogP contribution in [-0.4, -0.2) is 11.1 Å². The molecule has 2 nitrogen and oxygen atoms in total. The number of phenolic OH excluding ortho intramolecular Hbond substituents is 1. The van der Waals surface area contributed by atoms with Crippen molar-refractivity contribution >= 4 is 0 Å². The molecule has 0 aliphatic rings. The molecule has 2 N–H and O–H groups in total. The maximum Gasteiger partial charge on any atom is 0.120 e. The second-order valence-electron chi connectivity index (χ2n) is 5.32. The van der Waals surface area contributed by atoms with Crippen molar-refractivity contribution in [2.75, 3.05) is 0 Å². The van der Waals surface area contributed by atoms with Crippen LogP contribution in [0, 0.1) is 12.8 Å². The lowest BCUT2D eigenvalue weighted by molar-refractivity contribution is 0.326. The highest BCUT2D eigenvalue weighted by atomic mass is 16.3. The van der Waals surface area contributed by atoms with E-state index in [4.69, 9.17) is 0 Å². The first-order valence-electron chi connectivity index (χ1n) is 7.05. The molecule has 0 fully saturated rings. The number of hydrogen-bond donors (Lipinski definition) is 2. The molecule has 2 unspecified atom stereocenters. The van der Waals surface area contributed by atoms with E-state index < -0.39 is 0 Å². The first-order valence-corrected chi connectivity index (χ1v) is 7.05. The second kappa shape index (κ2) is 6.79. The highest BCUT2D eigenvalue weighted by molar-refractivity contribution is 5.37. The number of benzene rings is 1. The van der Waals surface area contributed by atoms with Gasteiger partial charge in [0.05, 0.1) is 0 Å². The minimum absolute atomic E-state index is 0.181. The largest absolute Gasteiger partial charge is 0.508 e. The highest BCUT2D eigenvalue weighted by Gasteiger charge is 2.18. The lowest BCUT2D eigenvalue weighted by Crippen LogP contribution is -2.35. The van der Waals surface area contributed by atoms with Crippen LogP contribution < -0.4 is 5.32 Å². The molecule has 0 spiro atoms. The fourth-order valence-corrected chi connectivity index (χ4v) is 2.64. The summed E-state index contributed by atoms with van der Waals surface area (Å²) < 4.78 is 0. The Kier molecular flexibility index (Phi) is 5.67. The SMILES string of the molecule is CCC(CC)C(C)NC(C)c1cc(C)ccc1O. The van der Waals surface area contributed by atoms with Gasteiger partial charge in [0, 0.05) is 17.6 Å². The Labute approximate surface area is 111 Å². The molecule has 0 aliphatic heterocycles. The van der Waals surface area contributed by atoms with Crippen LogP contribution in [0.25, 0.3) is 0 Å². The summed E-state index contributed by atoms with van der Waals surface area (Å²) in [5, 5.41) is 13.5. The number of rotatable bonds is 6. The van der Waals surface area contributed by atoms with Gasteiger partial charge in [-0.2, -0.15) is 0 Å². The van der Waals surface area contributed by atoms with Crippen LogP contribution in [0.15, 0.2) is 18.2 Å². The maximum absolute atomic E-state index is 9.93. The summed E-state index contributed by atoms with van der Waals surface area (Å²) in [6.07, 6.45) is 2.38. The molecule has 0 amide bonds. The van der Waals surface area contributed by atoms with E-state index in [0.29, 0.717) is 17.7 Å². The van der Waals surface area contributed by atoms with Crippen molar-refractivity contribution in [3.8, 4) is 5.75 Å². The minimum atomic E-state index is 0.181. The fraction of sp³-hybridized carbons (Fsp3) is 0.625. The van der Waals surface area contributed by atoms with E-state index in [0.717, 1.165) is 5.56 Å². The fourth-order valence-electron chi connectivity index (χ4n) is 2.64. The molecule has 1 aromatic carbocycles. The van der Waals surface area contributed by atoms with Gasteiger partial charge in [0.1, 0.15) is 5.75 Å². The number of phenols is 1. The first kappa shape index (κ1) is 15.0. The molecular formula is C16H27NO. The van der Waals surface area contributed by atoms with Crippen molar-refractivity contribution < 1.29 is 5.11 Å². The Hall–Kier alpha value is -1.02. The lowest BCUT2D eigenvalue weighted by atomic mass is 9.94. The Morgan fingerprint density at radius 3 is 2.33 bits per heavy atom. The topological polar surface area (TPSA) is 32.3 Å². The van der Waals surface area contributed by atoms with Crippen molar-refractivity contribution in [1.82, 2.24) is 5.32 Å². The first-order chi connectivity index (χ1) is 8.49. The minimum Gasteiger partial charge on any atom is -0.508 e. The average Bonchev–Trinajstić information content (AvgIpc) is 2.33. The summed E-state index contributed by atoms with van der Waals surface area (Å²) in [6.45, 7) is 10.9. The van der Waals surface area contributed by atoms with Crippen LogP contribution in [0.3, 0.4) is 0 Å². The van der Waals surface area contributed by atoms with Crippen molar-refractivity contribution in [2.24, 2.45) is 5.92 Å². The summed E-state index contributed by atoms with van der Waals surface area (Å²) in [4.78, 5) is 0. The predicted molar refractivity (Wildman–Crippen MR) is 77.9 cm³/mol. The van der Waals surface area contributed by atoms with Crippen molar-refractivity contribution in [3.63, 3.8) is 0 Å². The van der Waals surface area contributed by atoms with Crippen LogP contribution in [0.2, 0.25) is 0 Å². The molecule has 102 valence electrons. The number of hydrogen-bond acceptors (Lipinski definition) is 2. The van der Waals surface area contributed by atoms with Gasteiger partial charge in [-0.1, -0.05) is 44.4 Å². The highest BCUT2D eigenvalue weighted by Crippen LogP contribution is 2.26. The summed E-state index contributed by atoms with van der Waals surface area (Å²) in [5.41, 5.74) is 2.18. The van der Waals surface area contributed by atoms with Gasteiger partial charge in [-0.3, -0.25) is 0 Å². The zero-order valence-corrected chi connectivity index (χ0v) is 12.3. The van der Waals surface area contributed by atoms with Gasteiger partial charge in [0.2, 0.25) is 0 Å². The Morgan fingerprint density at radius 2 is 1.78 bits per heavy atom. The zero-order chi connectivity index (χ0) is 13.7. The number of nitrogens with one attached hydrogen (secondary N) is 1. The molecule has 0 aliphatic carbocycles. The number of aryl methyl sites for hydroxylation is 1. The van der Waals surface area contributed by atoms with Crippen molar-refractivity contribution in [1.29, 1.82) is 0 Å². The van der Waals surface area contributed by atoms with Crippen LogP contribution in [-0.2, 0) is 0 Å². The molecule has 0 bridgehead atoms. The van der Waals surface area contributed by atoms with Gasteiger partial charge in [-0.15, -0.1) is 0 Å². The monoisotopic (exact) mass is 249 g/mol. The molecule has 1 rings (SSSR count). The summed E-state index contributed by atoms with van der Waals surface area (Å²) in [5.74, 6) is 1.08. The van der Waals surface area contributed by atoms with E-state index >= 15 is 0 Å². The van der Waals surface area contributed by atoms with E-state index in [1.807, 2.05) is 6.07 Å². The van der Waals surface area contributed by atoms with E-state index in [-0.39, 0.29) is 6.04 Å². The van der Waals surface area contributed by atoms with Gasteiger partial charge in [-0.05, 0) is 32.8 Å².